The number of thiazole rings is 1. The molecule has 1 amide bonds. The van der Waals surface area contributed by atoms with E-state index in [0.717, 1.165) is 49.9 Å². The number of amides is 1. The zero-order valence-corrected chi connectivity index (χ0v) is 14.0. The summed E-state index contributed by atoms with van der Waals surface area (Å²) in [4.78, 5) is 19.3. The minimum Gasteiger partial charge on any atom is -0.382 e. The van der Waals surface area contributed by atoms with E-state index in [2.05, 4.69) is 31.1 Å². The number of hydrogen-bond donors (Lipinski definition) is 2. The first-order valence-electron chi connectivity index (χ1n) is 7.82. The van der Waals surface area contributed by atoms with E-state index in [0.29, 0.717) is 16.6 Å². The quantitative estimate of drug-likeness (QED) is 0.877. The van der Waals surface area contributed by atoms with Crippen molar-refractivity contribution in [1.29, 1.82) is 0 Å². The van der Waals surface area contributed by atoms with Crippen LogP contribution in [-0.2, 0) is 0 Å². The molecule has 1 aromatic heterocycles. The second-order valence-electron chi connectivity index (χ2n) is 6.03. The van der Waals surface area contributed by atoms with Crippen molar-refractivity contribution < 1.29 is 4.79 Å². The van der Waals surface area contributed by atoms with Gasteiger partial charge in [-0.15, -0.1) is 0 Å². The van der Waals surface area contributed by atoms with E-state index in [9.17, 15) is 4.79 Å². The summed E-state index contributed by atoms with van der Waals surface area (Å²) in [7, 11) is 0. The molecule has 21 heavy (non-hydrogen) atoms. The van der Waals surface area contributed by atoms with Crippen LogP contribution in [0.25, 0.3) is 0 Å². The van der Waals surface area contributed by atoms with Crippen molar-refractivity contribution in [3.05, 3.63) is 4.88 Å². The third-order valence-electron chi connectivity index (χ3n) is 4.14. The molecule has 6 heteroatoms. The molecule has 0 bridgehead atoms. The molecule has 0 saturated carbocycles. The van der Waals surface area contributed by atoms with Gasteiger partial charge in [-0.2, -0.15) is 0 Å². The molecule has 5 nitrogen and oxygen atoms in total. The summed E-state index contributed by atoms with van der Waals surface area (Å²) in [5.41, 5.74) is 5.91. The lowest BCUT2D eigenvalue weighted by molar-refractivity contribution is 0.0673. The van der Waals surface area contributed by atoms with Crippen LogP contribution < -0.4 is 11.1 Å². The van der Waals surface area contributed by atoms with Crippen molar-refractivity contribution in [2.75, 3.05) is 30.7 Å². The van der Waals surface area contributed by atoms with Gasteiger partial charge < -0.3 is 16.0 Å². The molecule has 118 valence electrons. The zero-order valence-electron chi connectivity index (χ0n) is 13.2. The van der Waals surface area contributed by atoms with Crippen LogP contribution in [0.4, 0.5) is 10.9 Å². The topological polar surface area (TPSA) is 71.2 Å². The summed E-state index contributed by atoms with van der Waals surface area (Å²) in [5, 5.41) is 3.94. The summed E-state index contributed by atoms with van der Waals surface area (Å²) < 4.78 is 0. The molecule has 0 spiro atoms. The fraction of sp³-hybridized carbons (Fsp3) is 0.733. The number of nitrogen functional groups attached to an aromatic ring is 1. The summed E-state index contributed by atoms with van der Waals surface area (Å²) in [6.45, 7) is 9.12. The van der Waals surface area contributed by atoms with Gasteiger partial charge in [-0.3, -0.25) is 4.79 Å². The van der Waals surface area contributed by atoms with Crippen molar-refractivity contribution in [2.45, 2.75) is 40.0 Å². The second-order valence-corrected chi connectivity index (χ2v) is 7.03. The van der Waals surface area contributed by atoms with E-state index >= 15 is 0 Å². The summed E-state index contributed by atoms with van der Waals surface area (Å²) in [6.07, 6.45) is 3.19. The van der Waals surface area contributed by atoms with Crippen LogP contribution in [0.5, 0.6) is 0 Å². The number of carbonyl (C=O) groups is 1. The lowest BCUT2D eigenvalue weighted by Crippen LogP contribution is -2.39. The maximum atomic E-state index is 12.6. The van der Waals surface area contributed by atoms with Crippen LogP contribution in [0.1, 0.15) is 49.7 Å². The standard InChI is InChI=1S/C15H26N4OS/c1-4-7-17-15-18-13(16)12(21-15)14(20)19-8-5-11(6-9-19)10(2)3/h10-11H,4-9,16H2,1-3H3,(H,17,18). The first-order chi connectivity index (χ1) is 10.0. The monoisotopic (exact) mass is 310 g/mol. The molecule has 1 saturated heterocycles. The van der Waals surface area contributed by atoms with Gasteiger partial charge >= 0.3 is 0 Å². The molecule has 0 atom stereocenters. The average molecular weight is 310 g/mol. The Hall–Kier alpha value is -1.30. The number of likely N-dealkylation sites (tertiary alicyclic amines) is 1. The van der Waals surface area contributed by atoms with E-state index in [1.165, 1.54) is 11.3 Å². The maximum Gasteiger partial charge on any atom is 0.267 e. The summed E-state index contributed by atoms with van der Waals surface area (Å²) in [5.74, 6) is 1.82. The largest absolute Gasteiger partial charge is 0.382 e. The minimum atomic E-state index is 0.0387. The molecule has 2 heterocycles. The molecule has 1 fully saturated rings. The maximum absolute atomic E-state index is 12.6. The lowest BCUT2D eigenvalue weighted by atomic mass is 9.87. The Bertz CT molecular complexity index is 478. The Balaban J connectivity index is 1.99. The van der Waals surface area contributed by atoms with Crippen molar-refractivity contribution in [1.82, 2.24) is 9.88 Å². The number of nitrogens with zero attached hydrogens (tertiary/aromatic N) is 2. The SMILES string of the molecule is CCCNc1nc(N)c(C(=O)N2CCC(C(C)C)CC2)s1. The van der Waals surface area contributed by atoms with E-state index in [-0.39, 0.29) is 5.91 Å². The molecule has 1 aromatic rings. The minimum absolute atomic E-state index is 0.0387. The number of hydrogen-bond acceptors (Lipinski definition) is 5. The molecule has 0 radical (unpaired) electrons. The molecule has 0 aromatic carbocycles. The normalized spacial score (nSPS) is 16.5. The highest BCUT2D eigenvalue weighted by Gasteiger charge is 2.27. The number of rotatable bonds is 5. The summed E-state index contributed by atoms with van der Waals surface area (Å²) in [6, 6.07) is 0. The van der Waals surface area contributed by atoms with Crippen LogP contribution in [0.2, 0.25) is 0 Å². The first-order valence-corrected chi connectivity index (χ1v) is 8.64. The van der Waals surface area contributed by atoms with Gasteiger partial charge in [0.1, 0.15) is 10.7 Å². The van der Waals surface area contributed by atoms with Gasteiger partial charge in [-0.25, -0.2) is 4.98 Å². The van der Waals surface area contributed by atoms with Crippen LogP contribution in [0, 0.1) is 11.8 Å². The van der Waals surface area contributed by atoms with E-state index < -0.39 is 0 Å². The number of nitrogens with one attached hydrogen (secondary N) is 1. The van der Waals surface area contributed by atoms with E-state index in [1.54, 1.807) is 0 Å². The highest BCUT2D eigenvalue weighted by Crippen LogP contribution is 2.29. The third-order valence-corrected chi connectivity index (χ3v) is 5.16. The fourth-order valence-corrected chi connectivity index (χ4v) is 3.58. The molecule has 2 rings (SSSR count). The molecule has 0 unspecified atom stereocenters. The number of aromatic nitrogens is 1. The average Bonchev–Trinajstić information content (AvgIpc) is 2.85. The fourth-order valence-electron chi connectivity index (χ4n) is 2.71. The van der Waals surface area contributed by atoms with Gasteiger partial charge in [0.15, 0.2) is 5.13 Å². The molecule has 1 aliphatic heterocycles. The molecule has 0 aliphatic carbocycles. The smallest absolute Gasteiger partial charge is 0.267 e. The van der Waals surface area contributed by atoms with Gasteiger partial charge in [0.05, 0.1) is 0 Å². The Morgan fingerprint density at radius 2 is 2.14 bits per heavy atom. The van der Waals surface area contributed by atoms with E-state index in [4.69, 9.17) is 5.73 Å². The number of nitrogens with two attached hydrogens (primary N) is 1. The third kappa shape index (κ3) is 3.87. The van der Waals surface area contributed by atoms with Crippen LogP contribution in [0.3, 0.4) is 0 Å². The van der Waals surface area contributed by atoms with Gasteiger partial charge in [0.25, 0.3) is 5.91 Å². The Morgan fingerprint density at radius 1 is 1.48 bits per heavy atom. The second kappa shape index (κ2) is 7.11. The predicted octanol–water partition coefficient (Wildman–Crippen LogP) is 3.06. The first kappa shape index (κ1) is 16.1. The molecular weight excluding hydrogens is 284 g/mol. The lowest BCUT2D eigenvalue weighted by Gasteiger charge is -2.33. The zero-order chi connectivity index (χ0) is 15.4. The van der Waals surface area contributed by atoms with Crippen LogP contribution in [-0.4, -0.2) is 35.4 Å². The van der Waals surface area contributed by atoms with Crippen LogP contribution >= 0.6 is 11.3 Å². The van der Waals surface area contributed by atoms with Gasteiger partial charge in [0.2, 0.25) is 0 Å². The molecule has 3 N–H and O–H groups in total. The Morgan fingerprint density at radius 3 is 2.71 bits per heavy atom. The summed E-state index contributed by atoms with van der Waals surface area (Å²) >= 11 is 1.37. The van der Waals surface area contributed by atoms with Gasteiger partial charge in [-0.1, -0.05) is 32.1 Å². The van der Waals surface area contributed by atoms with E-state index in [1.807, 2.05) is 4.90 Å². The Kier molecular flexibility index (Phi) is 5.45. The van der Waals surface area contributed by atoms with Crippen molar-refractivity contribution in [3.8, 4) is 0 Å². The van der Waals surface area contributed by atoms with Crippen molar-refractivity contribution in [3.63, 3.8) is 0 Å². The highest BCUT2D eigenvalue weighted by atomic mass is 32.1. The van der Waals surface area contributed by atoms with Crippen LogP contribution in [0.15, 0.2) is 0 Å². The van der Waals surface area contributed by atoms with Gasteiger partial charge in [0, 0.05) is 19.6 Å². The van der Waals surface area contributed by atoms with Crippen molar-refractivity contribution >= 4 is 28.2 Å². The van der Waals surface area contributed by atoms with Gasteiger partial charge in [-0.05, 0) is 31.1 Å². The number of anilines is 2. The molecular formula is C15H26N4OS. The molecule has 1 aliphatic rings. The number of carbonyl (C=O) groups excluding carboxylic acids is 1. The predicted molar refractivity (Wildman–Crippen MR) is 88.8 cm³/mol. The highest BCUT2D eigenvalue weighted by molar-refractivity contribution is 7.18. The van der Waals surface area contributed by atoms with Crippen molar-refractivity contribution in [2.24, 2.45) is 11.8 Å². The Labute approximate surface area is 130 Å². The number of piperidine rings is 1.